The summed E-state index contributed by atoms with van der Waals surface area (Å²) in [6.45, 7) is 0.209. The van der Waals surface area contributed by atoms with E-state index in [1.165, 1.54) is 0 Å². The number of azide groups is 1. The Morgan fingerprint density at radius 2 is 2.17 bits per heavy atom. The van der Waals surface area contributed by atoms with Crippen LogP contribution in [0.25, 0.3) is 10.4 Å². The molecule has 1 aliphatic heterocycles. The van der Waals surface area contributed by atoms with Gasteiger partial charge in [0.25, 0.3) is 5.79 Å². The van der Waals surface area contributed by atoms with Gasteiger partial charge in [0.2, 0.25) is 5.91 Å². The van der Waals surface area contributed by atoms with E-state index in [0.717, 1.165) is 6.92 Å². The molecule has 1 heterocycles. The number of nitrogens with zero attached hydrogens (tertiary/aromatic N) is 3. The molecular weight excluding hydrogens is 332 g/mol. The van der Waals surface area contributed by atoms with Crippen LogP contribution in [0.5, 0.6) is 0 Å². The largest absolute Gasteiger partial charge is 0.394 e. The van der Waals surface area contributed by atoms with Crippen LogP contribution in [0.15, 0.2) is 5.28 Å². The predicted octanol–water partition coefficient (Wildman–Crippen LogP) is -3.19. The minimum absolute atomic E-state index is 0.625. The Kier molecular flexibility index (Phi) is 6.86. The number of hydrogen-bond donors (Lipinski definition) is 6. The fourth-order valence-electron chi connectivity index (χ4n) is 2.26. The second-order valence-electron chi connectivity index (χ2n) is 5.15. The average Bonchev–Trinajstić information content (AvgIpc) is 2.53. The highest BCUT2D eigenvalue weighted by atomic mass is 16.7. The van der Waals surface area contributed by atoms with E-state index in [1.54, 1.807) is 0 Å². The second-order valence-corrected chi connectivity index (χ2v) is 5.15. The van der Waals surface area contributed by atoms with E-state index in [-0.39, 0.29) is 0 Å². The lowest BCUT2D eigenvalue weighted by atomic mass is 9.88. The molecule has 0 aromatic heterocycles. The maximum absolute atomic E-state index is 11.7. The zero-order valence-electron chi connectivity index (χ0n) is 12.5. The van der Waals surface area contributed by atoms with Crippen LogP contribution in [0.4, 0.5) is 0 Å². The van der Waals surface area contributed by atoms with Gasteiger partial charge in [0.05, 0.1) is 18.8 Å². The van der Waals surface area contributed by atoms with Crippen LogP contribution in [0.2, 0.25) is 0 Å². The summed E-state index contributed by atoms with van der Waals surface area (Å²) in [7, 11) is 0. The second kappa shape index (κ2) is 8.21. The minimum Gasteiger partial charge on any atom is -0.394 e. The fraction of sp³-hybridized carbons (Fsp3) is 0.818. The molecule has 0 bridgehead atoms. The topological polar surface area (TPSA) is 215 Å². The van der Waals surface area contributed by atoms with Crippen molar-refractivity contribution in [3.63, 3.8) is 0 Å². The molecule has 24 heavy (non-hydrogen) atoms. The summed E-state index contributed by atoms with van der Waals surface area (Å²) in [4.78, 5) is 29.1. The summed E-state index contributed by atoms with van der Waals surface area (Å²) in [6, 6.07) is -1.31. The summed E-state index contributed by atoms with van der Waals surface area (Å²) in [5.41, 5.74) is 8.10. The van der Waals surface area contributed by atoms with E-state index in [2.05, 4.69) is 20.3 Å². The Bertz CT molecular complexity index is 526. The molecule has 6 atom stereocenters. The summed E-state index contributed by atoms with van der Waals surface area (Å²) < 4.78 is 5.00. The van der Waals surface area contributed by atoms with Crippen LogP contribution in [0, 0.1) is 0 Å². The number of amides is 1. The molecule has 0 radical (unpaired) electrons. The van der Waals surface area contributed by atoms with Crippen molar-refractivity contribution in [1.29, 1.82) is 0 Å². The summed E-state index contributed by atoms with van der Waals surface area (Å²) in [5.74, 6) is -5.01. The van der Waals surface area contributed by atoms with Crippen molar-refractivity contribution in [3.05, 3.63) is 10.4 Å². The molecule has 1 saturated heterocycles. The smallest absolute Gasteiger partial charge is 0.378 e. The maximum Gasteiger partial charge on any atom is 0.378 e. The van der Waals surface area contributed by atoms with E-state index >= 15 is 0 Å². The zero-order valence-corrected chi connectivity index (χ0v) is 12.5. The number of nitrogens with one attached hydrogen (secondary N) is 1. The molecule has 1 aliphatic rings. The standard InChI is InChI=1S/C11H18N4O9/c1-4(17)13-7-5(18)2-11(22,10(21)24-15-14-12)23-9(7)8(20)6(19)3-16/h5-9,16,18-20,22H,2-3H2,1H3,(H,13,17)/t5-,6+,7+,8?,9+,11+/m0/s1. The average molecular weight is 350 g/mol. The first kappa shape index (κ1) is 20.1. The molecule has 6 N–H and O–H groups in total. The molecule has 0 aromatic rings. The van der Waals surface area contributed by atoms with Crippen molar-refractivity contribution in [2.75, 3.05) is 6.61 Å². The molecule has 1 unspecified atom stereocenters. The van der Waals surface area contributed by atoms with Gasteiger partial charge in [0, 0.05) is 18.3 Å². The van der Waals surface area contributed by atoms with Crippen molar-refractivity contribution in [1.82, 2.24) is 5.32 Å². The molecule has 0 aromatic carbocycles. The van der Waals surface area contributed by atoms with Crippen LogP contribution in [-0.4, -0.2) is 80.3 Å². The van der Waals surface area contributed by atoms with Crippen LogP contribution in [0.1, 0.15) is 13.3 Å². The third-order valence-corrected chi connectivity index (χ3v) is 3.35. The highest BCUT2D eigenvalue weighted by Crippen LogP contribution is 2.31. The zero-order chi connectivity index (χ0) is 18.5. The number of carbonyl (C=O) groups is 2. The lowest BCUT2D eigenvalue weighted by molar-refractivity contribution is -0.297. The first-order chi connectivity index (χ1) is 11.2. The Labute approximate surface area is 135 Å². The maximum atomic E-state index is 11.7. The quantitative estimate of drug-likeness (QED) is 0.123. The van der Waals surface area contributed by atoms with Crippen LogP contribution in [-0.2, 0) is 19.2 Å². The Morgan fingerprint density at radius 1 is 1.54 bits per heavy atom. The third-order valence-electron chi connectivity index (χ3n) is 3.35. The molecule has 1 amide bonds. The van der Waals surface area contributed by atoms with Crippen LogP contribution < -0.4 is 5.32 Å². The number of ether oxygens (including phenoxy) is 1. The van der Waals surface area contributed by atoms with E-state index in [4.69, 9.17) is 15.4 Å². The van der Waals surface area contributed by atoms with Crippen molar-refractivity contribution in [2.24, 2.45) is 5.28 Å². The number of hydrogen-bond acceptors (Lipinski definition) is 10. The fourth-order valence-corrected chi connectivity index (χ4v) is 2.26. The normalized spacial score (nSPS) is 32.2. The number of aliphatic hydroxyl groups is 5. The van der Waals surface area contributed by atoms with Crippen LogP contribution >= 0.6 is 0 Å². The first-order valence-corrected chi connectivity index (χ1v) is 6.74. The number of aliphatic hydroxyl groups excluding tert-OH is 4. The monoisotopic (exact) mass is 350 g/mol. The van der Waals surface area contributed by atoms with Gasteiger partial charge in [0.1, 0.15) is 23.6 Å². The highest BCUT2D eigenvalue weighted by molar-refractivity contribution is 5.78. The first-order valence-electron chi connectivity index (χ1n) is 6.74. The summed E-state index contributed by atoms with van der Waals surface area (Å²) >= 11 is 0. The molecule has 136 valence electrons. The summed E-state index contributed by atoms with van der Waals surface area (Å²) in [6.07, 6.45) is -7.72. The molecule has 1 fully saturated rings. The Hall–Kier alpha value is -1.99. The van der Waals surface area contributed by atoms with Gasteiger partial charge in [0.15, 0.2) is 0 Å². The lowest BCUT2D eigenvalue weighted by Crippen LogP contribution is -2.67. The number of carbonyl (C=O) groups excluding carboxylic acids is 2. The van der Waals surface area contributed by atoms with E-state index in [1.807, 2.05) is 0 Å². The van der Waals surface area contributed by atoms with Crippen molar-refractivity contribution < 1.29 is 44.7 Å². The molecule has 13 heteroatoms. The molecule has 13 nitrogen and oxygen atoms in total. The molecule has 0 saturated carbocycles. The van der Waals surface area contributed by atoms with E-state index in [0.29, 0.717) is 0 Å². The number of rotatable bonds is 6. The minimum atomic E-state index is -2.82. The van der Waals surface area contributed by atoms with Gasteiger partial charge >= 0.3 is 5.97 Å². The van der Waals surface area contributed by atoms with Gasteiger partial charge in [-0.15, -0.1) is 0 Å². The summed E-state index contributed by atoms with van der Waals surface area (Å²) in [5, 5.41) is 53.4. The van der Waals surface area contributed by atoms with Gasteiger partial charge in [-0.2, -0.15) is 0 Å². The van der Waals surface area contributed by atoms with Crippen LogP contribution in [0.3, 0.4) is 0 Å². The Balaban J connectivity index is 3.11. The van der Waals surface area contributed by atoms with E-state index < -0.39 is 61.1 Å². The molecule has 0 aliphatic carbocycles. The molecule has 1 rings (SSSR count). The van der Waals surface area contributed by atoms with Crippen molar-refractivity contribution in [2.45, 2.75) is 49.6 Å². The van der Waals surface area contributed by atoms with Gasteiger partial charge in [-0.1, -0.05) is 0 Å². The van der Waals surface area contributed by atoms with Gasteiger partial charge < -0.3 is 40.4 Å². The molecule has 0 spiro atoms. The third kappa shape index (κ3) is 4.52. The van der Waals surface area contributed by atoms with Crippen molar-refractivity contribution >= 4 is 11.9 Å². The van der Waals surface area contributed by atoms with Gasteiger partial charge in [-0.3, -0.25) is 4.79 Å². The lowest BCUT2D eigenvalue weighted by Gasteiger charge is -2.44. The highest BCUT2D eigenvalue weighted by Gasteiger charge is 2.54. The Morgan fingerprint density at radius 3 is 2.67 bits per heavy atom. The SMILES string of the molecule is CC(=O)N[C@@H]1[C@@H](O)C[C@](O)(C(=O)ON=[N+]=[N-])O[C@H]1C(O)[C@H](O)CO. The van der Waals surface area contributed by atoms with E-state index in [9.17, 15) is 30.0 Å². The predicted molar refractivity (Wildman–Crippen MR) is 72.4 cm³/mol. The van der Waals surface area contributed by atoms with Crippen molar-refractivity contribution in [3.8, 4) is 0 Å². The van der Waals surface area contributed by atoms with Gasteiger partial charge in [-0.05, 0) is 5.53 Å². The molecular formula is C11H18N4O9. The van der Waals surface area contributed by atoms with Gasteiger partial charge in [-0.25, -0.2) is 4.79 Å².